The third-order valence-electron chi connectivity index (χ3n) is 2.14. The smallest absolute Gasteiger partial charge is 0.322 e. The highest BCUT2D eigenvalue weighted by atomic mass is 32.2. The zero-order chi connectivity index (χ0) is 14.6. The summed E-state index contributed by atoms with van der Waals surface area (Å²) in [5, 5.41) is 8.80. The zero-order valence-corrected chi connectivity index (χ0v) is 10.5. The molecule has 19 heavy (non-hydrogen) atoms. The number of benzene rings is 1. The number of carbonyl (C=O) groups is 1. The van der Waals surface area contributed by atoms with E-state index in [0.29, 0.717) is 18.2 Å². The minimum Gasteiger partial charge on any atom is -0.480 e. The van der Waals surface area contributed by atoms with Gasteiger partial charge in [-0.2, -0.15) is 4.72 Å². The van der Waals surface area contributed by atoms with Gasteiger partial charge in [0.2, 0.25) is 10.0 Å². The summed E-state index contributed by atoms with van der Waals surface area (Å²) in [4.78, 5) is 10.1. The highest BCUT2D eigenvalue weighted by molar-refractivity contribution is 7.89. The normalized spacial score (nSPS) is 12.9. The van der Waals surface area contributed by atoms with Crippen LogP contribution in [0.25, 0.3) is 0 Å². The summed E-state index contributed by atoms with van der Waals surface area (Å²) in [6.07, 6.45) is 1.06. The van der Waals surface area contributed by atoms with Gasteiger partial charge in [0.1, 0.15) is 17.7 Å². The average molecular weight is 291 g/mol. The van der Waals surface area contributed by atoms with E-state index in [2.05, 4.69) is 6.58 Å². The molecule has 0 spiro atoms. The van der Waals surface area contributed by atoms with E-state index in [1.165, 1.54) is 6.08 Å². The molecule has 1 atom stereocenters. The van der Waals surface area contributed by atoms with Crippen molar-refractivity contribution in [1.82, 2.24) is 4.72 Å². The third kappa shape index (κ3) is 4.11. The molecule has 0 radical (unpaired) electrons. The maximum atomic E-state index is 12.9. The van der Waals surface area contributed by atoms with Crippen LogP contribution in [0.15, 0.2) is 35.7 Å². The lowest BCUT2D eigenvalue weighted by Crippen LogP contribution is -2.40. The van der Waals surface area contributed by atoms with E-state index >= 15 is 0 Å². The summed E-state index contributed by atoms with van der Waals surface area (Å²) in [7, 11) is -4.33. The van der Waals surface area contributed by atoms with Gasteiger partial charge in [-0.25, -0.2) is 17.2 Å². The number of nitrogens with one attached hydrogen (secondary N) is 1. The summed E-state index contributed by atoms with van der Waals surface area (Å²) in [6.45, 7) is 3.30. The number of hydrogen-bond donors (Lipinski definition) is 2. The number of carboxylic acid groups (broad SMARTS) is 1. The molecule has 0 bridgehead atoms. The summed E-state index contributed by atoms with van der Waals surface area (Å²) in [5.41, 5.74) is 0. The van der Waals surface area contributed by atoms with Crippen molar-refractivity contribution in [2.24, 2.45) is 0 Å². The van der Waals surface area contributed by atoms with Crippen molar-refractivity contribution in [1.29, 1.82) is 0 Å². The van der Waals surface area contributed by atoms with Crippen molar-refractivity contribution in [2.75, 3.05) is 0 Å². The number of hydrogen-bond acceptors (Lipinski definition) is 3. The molecule has 0 amide bonds. The van der Waals surface area contributed by atoms with Gasteiger partial charge in [-0.1, -0.05) is 6.08 Å². The van der Waals surface area contributed by atoms with E-state index < -0.39 is 38.6 Å². The molecule has 2 N–H and O–H groups in total. The number of rotatable bonds is 6. The van der Waals surface area contributed by atoms with Gasteiger partial charge >= 0.3 is 5.97 Å². The SMILES string of the molecule is C=CCC(NS(=O)(=O)c1cc(F)cc(F)c1)C(=O)O. The fraction of sp³-hybridized carbons (Fsp3) is 0.182. The Morgan fingerprint density at radius 2 is 1.89 bits per heavy atom. The number of aliphatic carboxylic acids is 1. The Balaban J connectivity index is 3.09. The predicted molar refractivity (Wildman–Crippen MR) is 62.9 cm³/mol. The van der Waals surface area contributed by atoms with E-state index in [1.54, 1.807) is 0 Å². The van der Waals surface area contributed by atoms with Crippen molar-refractivity contribution in [2.45, 2.75) is 17.4 Å². The molecule has 1 unspecified atom stereocenters. The first-order valence-corrected chi connectivity index (χ1v) is 6.56. The molecule has 1 aromatic carbocycles. The minimum atomic E-state index is -4.33. The summed E-state index contributed by atoms with van der Waals surface area (Å²) < 4.78 is 51.3. The topological polar surface area (TPSA) is 83.5 Å². The third-order valence-corrected chi connectivity index (χ3v) is 3.60. The van der Waals surface area contributed by atoms with Gasteiger partial charge in [-0.15, -0.1) is 6.58 Å². The van der Waals surface area contributed by atoms with Crippen LogP contribution in [0.2, 0.25) is 0 Å². The molecular formula is C11H11F2NO4S. The van der Waals surface area contributed by atoms with E-state index in [4.69, 9.17) is 5.11 Å². The molecule has 0 saturated carbocycles. The first-order valence-electron chi connectivity index (χ1n) is 5.08. The van der Waals surface area contributed by atoms with Gasteiger partial charge in [0.25, 0.3) is 0 Å². The van der Waals surface area contributed by atoms with E-state index in [1.807, 2.05) is 4.72 Å². The Bertz CT molecular complexity index is 580. The monoisotopic (exact) mass is 291 g/mol. The second-order valence-corrected chi connectivity index (χ2v) is 5.36. The van der Waals surface area contributed by atoms with Crippen LogP contribution in [-0.4, -0.2) is 25.5 Å². The Morgan fingerprint density at radius 1 is 1.37 bits per heavy atom. The Hall–Kier alpha value is -1.80. The summed E-state index contributed by atoms with van der Waals surface area (Å²) >= 11 is 0. The largest absolute Gasteiger partial charge is 0.480 e. The predicted octanol–water partition coefficient (Wildman–Crippen LogP) is 1.27. The lowest BCUT2D eigenvalue weighted by atomic mass is 10.2. The van der Waals surface area contributed by atoms with Crippen LogP contribution in [0.1, 0.15) is 6.42 Å². The van der Waals surface area contributed by atoms with Crippen molar-refractivity contribution in [3.63, 3.8) is 0 Å². The van der Waals surface area contributed by atoms with Crippen LogP contribution >= 0.6 is 0 Å². The van der Waals surface area contributed by atoms with Gasteiger partial charge in [0, 0.05) is 6.07 Å². The van der Waals surface area contributed by atoms with Crippen LogP contribution in [0.4, 0.5) is 8.78 Å². The lowest BCUT2D eigenvalue weighted by Gasteiger charge is -2.13. The molecule has 0 heterocycles. The van der Waals surface area contributed by atoms with Crippen molar-refractivity contribution >= 4 is 16.0 Å². The molecule has 0 aliphatic carbocycles. The Morgan fingerprint density at radius 3 is 2.32 bits per heavy atom. The minimum absolute atomic E-state index is 0.160. The molecule has 1 rings (SSSR count). The van der Waals surface area contributed by atoms with Crippen LogP contribution in [0.3, 0.4) is 0 Å². The zero-order valence-electron chi connectivity index (χ0n) is 9.64. The quantitative estimate of drug-likeness (QED) is 0.773. The maximum absolute atomic E-state index is 12.9. The molecule has 0 aromatic heterocycles. The second-order valence-electron chi connectivity index (χ2n) is 3.64. The van der Waals surface area contributed by atoms with E-state index in [9.17, 15) is 22.0 Å². The molecule has 5 nitrogen and oxygen atoms in total. The van der Waals surface area contributed by atoms with Gasteiger partial charge in [-0.3, -0.25) is 4.79 Å². The molecule has 8 heteroatoms. The van der Waals surface area contributed by atoms with Crippen LogP contribution in [-0.2, 0) is 14.8 Å². The van der Waals surface area contributed by atoms with Gasteiger partial charge in [-0.05, 0) is 18.6 Å². The van der Waals surface area contributed by atoms with Gasteiger partial charge in [0.15, 0.2) is 0 Å². The number of halogens is 2. The number of sulfonamides is 1. The van der Waals surface area contributed by atoms with Crippen LogP contribution in [0, 0.1) is 11.6 Å². The maximum Gasteiger partial charge on any atom is 0.322 e. The molecule has 0 aliphatic rings. The molecule has 0 saturated heterocycles. The molecule has 0 aliphatic heterocycles. The highest BCUT2D eigenvalue weighted by Gasteiger charge is 2.25. The Kier molecular flexibility index (Phi) is 4.73. The van der Waals surface area contributed by atoms with Crippen molar-refractivity contribution < 1.29 is 27.1 Å². The standard InChI is InChI=1S/C11H11F2NO4S/c1-2-3-10(11(15)16)14-19(17,18)9-5-7(12)4-8(13)6-9/h2,4-6,10,14H,1,3H2,(H,15,16). The van der Waals surface area contributed by atoms with Crippen molar-refractivity contribution in [3.05, 3.63) is 42.5 Å². The first-order chi connectivity index (χ1) is 8.76. The first kappa shape index (κ1) is 15.3. The molecule has 104 valence electrons. The second kappa shape index (κ2) is 5.89. The molecule has 1 aromatic rings. The fourth-order valence-corrected chi connectivity index (χ4v) is 2.55. The highest BCUT2D eigenvalue weighted by Crippen LogP contribution is 2.14. The van der Waals surface area contributed by atoms with E-state index in [0.717, 1.165) is 0 Å². The Labute approximate surface area is 108 Å². The average Bonchev–Trinajstić information content (AvgIpc) is 2.26. The fourth-order valence-electron chi connectivity index (χ4n) is 1.31. The van der Waals surface area contributed by atoms with E-state index in [-0.39, 0.29) is 6.42 Å². The van der Waals surface area contributed by atoms with Crippen LogP contribution in [0.5, 0.6) is 0 Å². The van der Waals surface area contributed by atoms with Crippen LogP contribution < -0.4 is 4.72 Å². The lowest BCUT2D eigenvalue weighted by molar-refractivity contribution is -0.138. The van der Waals surface area contributed by atoms with Gasteiger partial charge in [0.05, 0.1) is 4.90 Å². The van der Waals surface area contributed by atoms with Crippen molar-refractivity contribution in [3.8, 4) is 0 Å². The molecule has 0 fully saturated rings. The summed E-state index contributed by atoms with van der Waals surface area (Å²) in [5.74, 6) is -3.56. The number of carboxylic acids is 1. The molecular weight excluding hydrogens is 280 g/mol. The van der Waals surface area contributed by atoms with Gasteiger partial charge < -0.3 is 5.11 Å². The summed E-state index contributed by atoms with van der Waals surface area (Å²) in [6, 6.07) is 0.252.